The number of benzene rings is 3. The molecule has 0 aliphatic heterocycles. The predicted octanol–water partition coefficient (Wildman–Crippen LogP) is 4.73. The number of aryl methyl sites for hydroxylation is 2. The first-order valence-electron chi connectivity index (χ1n) is 10.1. The number of hydrogen-bond donors (Lipinski definition) is 2. The molecule has 0 amide bonds. The number of hydrogen-bond acceptors (Lipinski definition) is 3. The topological polar surface area (TPSA) is 62.7 Å². The number of aromatic nitrogens is 3. The van der Waals surface area contributed by atoms with Crippen molar-refractivity contribution in [1.29, 1.82) is 0 Å². The summed E-state index contributed by atoms with van der Waals surface area (Å²) in [7, 11) is 0. The van der Waals surface area contributed by atoms with Gasteiger partial charge in [-0.05, 0) is 41.8 Å². The van der Waals surface area contributed by atoms with Crippen molar-refractivity contribution < 1.29 is 0 Å². The molecule has 30 heavy (non-hydrogen) atoms. The summed E-state index contributed by atoms with van der Waals surface area (Å²) in [6.45, 7) is 1.30. The Morgan fingerprint density at radius 3 is 2.67 bits per heavy atom. The molecular weight excluding hydrogens is 372 g/mol. The minimum absolute atomic E-state index is 0.0109. The molecule has 0 saturated heterocycles. The summed E-state index contributed by atoms with van der Waals surface area (Å²) in [5, 5.41) is 5.23. The molecule has 0 aliphatic rings. The van der Waals surface area contributed by atoms with Crippen LogP contribution >= 0.6 is 0 Å². The molecule has 2 N–H and O–H groups in total. The first-order chi connectivity index (χ1) is 14.8. The number of H-pyrrole nitrogens is 1. The third-order valence-electron chi connectivity index (χ3n) is 5.46. The van der Waals surface area contributed by atoms with Crippen LogP contribution in [0.3, 0.4) is 0 Å². The lowest BCUT2D eigenvalue weighted by Crippen LogP contribution is -2.21. The summed E-state index contributed by atoms with van der Waals surface area (Å²) in [5.74, 6) is 0. The zero-order chi connectivity index (χ0) is 20.3. The summed E-state index contributed by atoms with van der Waals surface area (Å²) in [4.78, 5) is 20.8. The maximum atomic E-state index is 13.1. The molecule has 0 fully saturated rings. The Bertz CT molecular complexity index is 1370. The average molecular weight is 394 g/mol. The van der Waals surface area contributed by atoms with Crippen LogP contribution in [0.2, 0.25) is 0 Å². The van der Waals surface area contributed by atoms with Crippen molar-refractivity contribution in [3.8, 4) is 0 Å². The van der Waals surface area contributed by atoms with Crippen molar-refractivity contribution in [3.05, 3.63) is 107 Å². The van der Waals surface area contributed by atoms with Crippen LogP contribution < -0.4 is 10.9 Å². The maximum Gasteiger partial charge on any atom is 0.261 e. The van der Waals surface area contributed by atoms with Gasteiger partial charge >= 0.3 is 0 Å². The van der Waals surface area contributed by atoms with Crippen LogP contribution in [-0.4, -0.2) is 14.5 Å². The molecule has 0 unspecified atom stereocenters. The second kappa shape index (κ2) is 7.87. The fraction of sp³-hybridized carbons (Fsp3) is 0.120. The number of anilines is 1. The molecule has 2 aromatic heterocycles. The van der Waals surface area contributed by atoms with Gasteiger partial charge in [-0.15, -0.1) is 0 Å². The van der Waals surface area contributed by atoms with Crippen molar-refractivity contribution in [2.45, 2.75) is 19.5 Å². The number of nitrogens with one attached hydrogen (secondary N) is 2. The zero-order valence-electron chi connectivity index (χ0n) is 16.5. The van der Waals surface area contributed by atoms with Gasteiger partial charge < -0.3 is 10.3 Å². The van der Waals surface area contributed by atoms with Crippen LogP contribution in [0.25, 0.3) is 21.8 Å². The molecule has 148 valence electrons. The van der Waals surface area contributed by atoms with Crippen LogP contribution in [0.15, 0.2) is 90.1 Å². The van der Waals surface area contributed by atoms with Gasteiger partial charge in [-0.25, -0.2) is 4.98 Å². The van der Waals surface area contributed by atoms with E-state index in [-0.39, 0.29) is 5.56 Å². The van der Waals surface area contributed by atoms with E-state index in [4.69, 9.17) is 0 Å². The Morgan fingerprint density at radius 1 is 0.933 bits per heavy atom. The van der Waals surface area contributed by atoms with Gasteiger partial charge in [0.05, 0.1) is 17.2 Å². The molecular formula is C25H22N4O. The Morgan fingerprint density at radius 2 is 1.77 bits per heavy atom. The predicted molar refractivity (Wildman–Crippen MR) is 122 cm³/mol. The largest absolute Gasteiger partial charge is 0.381 e. The lowest BCUT2D eigenvalue weighted by molar-refractivity contribution is 0.664. The van der Waals surface area contributed by atoms with E-state index in [1.807, 2.05) is 54.7 Å². The van der Waals surface area contributed by atoms with Gasteiger partial charge in [-0.1, -0.05) is 48.5 Å². The quantitative estimate of drug-likeness (QED) is 0.438. The molecule has 0 bridgehead atoms. The molecule has 2 heterocycles. The average Bonchev–Trinajstić information content (AvgIpc) is 3.21. The molecule has 5 aromatic rings. The van der Waals surface area contributed by atoms with Crippen LogP contribution in [0.5, 0.6) is 0 Å². The Hall–Kier alpha value is -3.86. The highest BCUT2D eigenvalue weighted by molar-refractivity contribution is 5.83. The summed E-state index contributed by atoms with van der Waals surface area (Å²) >= 11 is 0. The van der Waals surface area contributed by atoms with Crippen molar-refractivity contribution in [3.63, 3.8) is 0 Å². The number of nitrogens with zero attached hydrogens (tertiary/aromatic N) is 2. The molecule has 0 aliphatic carbocycles. The highest BCUT2D eigenvalue weighted by atomic mass is 16.1. The summed E-state index contributed by atoms with van der Waals surface area (Å²) in [5.41, 5.74) is 5.14. The Labute approximate surface area is 174 Å². The van der Waals surface area contributed by atoms with E-state index in [2.05, 4.69) is 39.6 Å². The smallest absolute Gasteiger partial charge is 0.261 e. The molecule has 0 spiro atoms. The monoisotopic (exact) mass is 394 g/mol. The molecule has 5 rings (SSSR count). The van der Waals surface area contributed by atoms with Gasteiger partial charge in [0.2, 0.25) is 0 Å². The first-order valence-corrected chi connectivity index (χ1v) is 10.1. The van der Waals surface area contributed by atoms with Gasteiger partial charge in [-0.2, -0.15) is 0 Å². The van der Waals surface area contributed by atoms with Gasteiger partial charge in [0.15, 0.2) is 0 Å². The van der Waals surface area contributed by atoms with E-state index in [9.17, 15) is 4.79 Å². The Balaban J connectivity index is 1.38. The van der Waals surface area contributed by atoms with E-state index in [1.54, 1.807) is 10.9 Å². The highest BCUT2D eigenvalue weighted by Crippen LogP contribution is 2.19. The molecule has 5 nitrogen and oxygen atoms in total. The molecule has 3 aromatic carbocycles. The van der Waals surface area contributed by atoms with Gasteiger partial charge in [-0.3, -0.25) is 9.36 Å². The second-order valence-electron chi connectivity index (χ2n) is 7.42. The zero-order valence-corrected chi connectivity index (χ0v) is 16.5. The molecule has 0 saturated carbocycles. The minimum Gasteiger partial charge on any atom is -0.381 e. The van der Waals surface area contributed by atoms with Gasteiger partial charge in [0, 0.05) is 35.9 Å². The fourth-order valence-electron chi connectivity index (χ4n) is 3.81. The highest BCUT2D eigenvalue weighted by Gasteiger charge is 2.08. The van der Waals surface area contributed by atoms with Gasteiger partial charge in [0.25, 0.3) is 5.56 Å². The number of aromatic amines is 1. The maximum absolute atomic E-state index is 13.1. The number of fused-ring (bicyclic) bond motifs is 2. The SMILES string of the molecule is O=c1c2cc(NCc3ccccc3)ccc2ncn1CCc1c[nH]c2ccccc12. The van der Waals surface area contributed by atoms with Crippen LogP contribution in [0.1, 0.15) is 11.1 Å². The van der Waals surface area contributed by atoms with Crippen molar-refractivity contribution >= 4 is 27.5 Å². The number of para-hydroxylation sites is 1. The summed E-state index contributed by atoms with van der Waals surface area (Å²) in [6.07, 6.45) is 4.44. The third kappa shape index (κ3) is 3.57. The number of rotatable bonds is 6. The third-order valence-corrected chi connectivity index (χ3v) is 5.46. The molecule has 0 atom stereocenters. The van der Waals surface area contributed by atoms with E-state index >= 15 is 0 Å². The normalized spacial score (nSPS) is 11.2. The lowest BCUT2D eigenvalue weighted by atomic mass is 10.1. The van der Waals surface area contributed by atoms with Crippen molar-refractivity contribution in [2.75, 3.05) is 5.32 Å². The van der Waals surface area contributed by atoms with Crippen molar-refractivity contribution in [1.82, 2.24) is 14.5 Å². The fourth-order valence-corrected chi connectivity index (χ4v) is 3.81. The van der Waals surface area contributed by atoms with Crippen LogP contribution in [0, 0.1) is 0 Å². The molecule has 0 radical (unpaired) electrons. The van der Waals surface area contributed by atoms with E-state index in [0.717, 1.165) is 17.6 Å². The first kappa shape index (κ1) is 18.2. The lowest BCUT2D eigenvalue weighted by Gasteiger charge is -2.09. The van der Waals surface area contributed by atoms with Crippen LogP contribution in [-0.2, 0) is 19.5 Å². The van der Waals surface area contributed by atoms with E-state index in [1.165, 1.54) is 16.5 Å². The standard InChI is InChI=1S/C25H22N4O/c30-25-22-14-20(26-15-18-6-2-1-3-7-18)10-11-24(22)28-17-29(25)13-12-19-16-27-23-9-5-4-8-21(19)23/h1-11,14,16-17,26-27H,12-13,15H2. The van der Waals surface area contributed by atoms with E-state index in [0.29, 0.717) is 24.0 Å². The second-order valence-corrected chi connectivity index (χ2v) is 7.42. The molecule has 5 heteroatoms. The van der Waals surface area contributed by atoms with Crippen LogP contribution in [0.4, 0.5) is 5.69 Å². The van der Waals surface area contributed by atoms with Gasteiger partial charge in [0.1, 0.15) is 0 Å². The van der Waals surface area contributed by atoms with E-state index < -0.39 is 0 Å². The van der Waals surface area contributed by atoms with Crippen molar-refractivity contribution in [2.24, 2.45) is 0 Å². The summed E-state index contributed by atoms with van der Waals surface area (Å²) < 4.78 is 1.70. The summed E-state index contributed by atoms with van der Waals surface area (Å²) in [6, 6.07) is 24.2. The minimum atomic E-state index is -0.0109. The Kier molecular flexibility index (Phi) is 4.77.